The van der Waals surface area contributed by atoms with Gasteiger partial charge in [0.15, 0.2) is 0 Å². The van der Waals surface area contributed by atoms with Crippen LogP contribution in [0.25, 0.3) is 0 Å². The third-order valence-electron chi connectivity index (χ3n) is 2.14. The Kier molecular flexibility index (Phi) is 5.84. The van der Waals surface area contributed by atoms with Crippen LogP contribution in [0.2, 0.25) is 0 Å². The van der Waals surface area contributed by atoms with Gasteiger partial charge in [-0.15, -0.1) is 0 Å². The molecule has 3 N–H and O–H groups in total. The van der Waals surface area contributed by atoms with Gasteiger partial charge >= 0.3 is 5.97 Å². The number of amides is 2. The fraction of sp³-hybridized carbons (Fsp3) is 0.500. The molecule has 0 atom stereocenters. The first kappa shape index (κ1) is 14.2. The molecule has 0 heterocycles. The van der Waals surface area contributed by atoms with Crippen molar-refractivity contribution < 1.29 is 19.5 Å². The van der Waals surface area contributed by atoms with Gasteiger partial charge in [0.25, 0.3) is 0 Å². The van der Waals surface area contributed by atoms with Crippen molar-refractivity contribution in [2.24, 2.45) is 0 Å². The summed E-state index contributed by atoms with van der Waals surface area (Å²) >= 11 is 0. The Morgan fingerprint density at radius 2 is 1.69 bits per heavy atom. The van der Waals surface area contributed by atoms with Crippen molar-refractivity contribution >= 4 is 17.8 Å². The maximum atomic E-state index is 11.4. The van der Waals surface area contributed by atoms with Crippen LogP contribution in [0.5, 0.6) is 0 Å². The highest BCUT2D eigenvalue weighted by atomic mass is 16.4. The van der Waals surface area contributed by atoms with E-state index < -0.39 is 11.9 Å². The van der Waals surface area contributed by atoms with Gasteiger partial charge in [0, 0.05) is 31.2 Å². The Morgan fingerprint density at radius 3 is 2.12 bits per heavy atom. The van der Waals surface area contributed by atoms with Crippen molar-refractivity contribution in [3.05, 3.63) is 11.1 Å². The molecule has 6 heteroatoms. The summed E-state index contributed by atoms with van der Waals surface area (Å²) in [5.74, 6) is -1.78. The zero-order valence-corrected chi connectivity index (χ0v) is 9.59. The van der Waals surface area contributed by atoms with Crippen LogP contribution in [0.15, 0.2) is 11.1 Å². The molecule has 0 aliphatic heterocycles. The predicted molar refractivity (Wildman–Crippen MR) is 57.7 cm³/mol. The minimum Gasteiger partial charge on any atom is -0.478 e. The Morgan fingerprint density at radius 1 is 1.12 bits per heavy atom. The lowest BCUT2D eigenvalue weighted by molar-refractivity contribution is -0.133. The third-order valence-corrected chi connectivity index (χ3v) is 2.14. The average Bonchev–Trinajstić information content (AvgIpc) is 2.26. The molecule has 0 bridgehead atoms. The van der Waals surface area contributed by atoms with Crippen LogP contribution in [-0.2, 0) is 14.4 Å². The second-order valence-corrected chi connectivity index (χ2v) is 3.23. The number of carboxylic acids is 1. The van der Waals surface area contributed by atoms with E-state index in [9.17, 15) is 14.4 Å². The molecule has 0 fully saturated rings. The summed E-state index contributed by atoms with van der Waals surface area (Å²) < 4.78 is 0. The van der Waals surface area contributed by atoms with Crippen molar-refractivity contribution in [3.8, 4) is 0 Å². The average molecular weight is 228 g/mol. The van der Waals surface area contributed by atoms with E-state index in [2.05, 4.69) is 10.6 Å². The summed E-state index contributed by atoms with van der Waals surface area (Å²) in [5, 5.41) is 13.5. The van der Waals surface area contributed by atoms with Crippen LogP contribution >= 0.6 is 0 Å². The van der Waals surface area contributed by atoms with Crippen LogP contribution in [0.4, 0.5) is 0 Å². The van der Waals surface area contributed by atoms with E-state index in [-0.39, 0.29) is 30.0 Å². The molecule has 0 saturated heterocycles. The SMILES string of the molecule is CNC(=O)CCNC(=O)C(C)=C(C)C(=O)O. The number of hydrogen-bond acceptors (Lipinski definition) is 3. The minimum atomic E-state index is -1.13. The molecular weight excluding hydrogens is 212 g/mol. The highest BCUT2D eigenvalue weighted by Gasteiger charge is 2.12. The molecule has 0 spiro atoms. The van der Waals surface area contributed by atoms with Gasteiger partial charge in [0.2, 0.25) is 11.8 Å². The molecule has 0 radical (unpaired) electrons. The lowest BCUT2D eigenvalue weighted by atomic mass is 10.1. The van der Waals surface area contributed by atoms with Gasteiger partial charge in [-0.05, 0) is 13.8 Å². The molecule has 2 amide bonds. The second kappa shape index (κ2) is 6.60. The molecule has 0 aromatic carbocycles. The van der Waals surface area contributed by atoms with Crippen LogP contribution in [0, 0.1) is 0 Å². The Hall–Kier alpha value is -1.85. The van der Waals surface area contributed by atoms with Crippen LogP contribution in [-0.4, -0.2) is 36.5 Å². The van der Waals surface area contributed by atoms with Crippen LogP contribution in [0.1, 0.15) is 20.3 Å². The Labute approximate surface area is 93.7 Å². The predicted octanol–water partition coefficient (Wildman–Crippen LogP) is -0.340. The number of rotatable bonds is 5. The number of carbonyl (C=O) groups is 3. The van der Waals surface area contributed by atoms with Crippen LogP contribution in [0.3, 0.4) is 0 Å². The summed E-state index contributed by atoms with van der Waals surface area (Å²) in [6, 6.07) is 0. The first-order chi connectivity index (χ1) is 7.40. The number of hydrogen-bond donors (Lipinski definition) is 3. The lowest BCUT2D eigenvalue weighted by Gasteiger charge is -2.06. The topological polar surface area (TPSA) is 95.5 Å². The minimum absolute atomic E-state index is 0.00237. The van der Waals surface area contributed by atoms with Gasteiger partial charge in [-0.3, -0.25) is 9.59 Å². The van der Waals surface area contributed by atoms with Crippen molar-refractivity contribution in [3.63, 3.8) is 0 Å². The summed E-state index contributed by atoms with van der Waals surface area (Å²) in [5.41, 5.74) is 0.141. The molecule has 16 heavy (non-hydrogen) atoms. The van der Waals surface area contributed by atoms with E-state index in [1.165, 1.54) is 20.9 Å². The van der Waals surface area contributed by atoms with Gasteiger partial charge in [0.05, 0.1) is 0 Å². The molecular formula is C10H16N2O4. The number of carboxylic acid groups (broad SMARTS) is 1. The van der Waals surface area contributed by atoms with Crippen LogP contribution < -0.4 is 10.6 Å². The van der Waals surface area contributed by atoms with Gasteiger partial charge < -0.3 is 15.7 Å². The fourth-order valence-electron chi connectivity index (χ4n) is 0.878. The molecule has 0 saturated carbocycles. The molecule has 0 aliphatic rings. The van der Waals surface area contributed by atoms with Gasteiger partial charge in [0.1, 0.15) is 0 Å². The molecule has 0 rings (SSSR count). The number of aliphatic carboxylic acids is 1. The highest BCUT2D eigenvalue weighted by Crippen LogP contribution is 2.03. The van der Waals surface area contributed by atoms with E-state index in [4.69, 9.17) is 5.11 Å². The molecule has 0 aliphatic carbocycles. The Balaban J connectivity index is 4.23. The van der Waals surface area contributed by atoms with Crippen molar-refractivity contribution in [1.29, 1.82) is 0 Å². The van der Waals surface area contributed by atoms with E-state index in [1.54, 1.807) is 0 Å². The van der Waals surface area contributed by atoms with Crippen molar-refractivity contribution in [2.45, 2.75) is 20.3 Å². The normalized spacial score (nSPS) is 11.4. The lowest BCUT2D eigenvalue weighted by Crippen LogP contribution is -2.30. The van der Waals surface area contributed by atoms with Crippen molar-refractivity contribution in [2.75, 3.05) is 13.6 Å². The first-order valence-corrected chi connectivity index (χ1v) is 4.79. The third kappa shape index (κ3) is 4.59. The van der Waals surface area contributed by atoms with Gasteiger partial charge in [-0.25, -0.2) is 4.79 Å². The van der Waals surface area contributed by atoms with Crippen molar-refractivity contribution in [1.82, 2.24) is 10.6 Å². The zero-order valence-electron chi connectivity index (χ0n) is 9.59. The summed E-state index contributed by atoms with van der Waals surface area (Å²) in [7, 11) is 1.50. The first-order valence-electron chi connectivity index (χ1n) is 4.79. The largest absolute Gasteiger partial charge is 0.478 e. The maximum absolute atomic E-state index is 11.4. The number of nitrogens with one attached hydrogen (secondary N) is 2. The zero-order chi connectivity index (χ0) is 12.7. The summed E-state index contributed by atoms with van der Waals surface area (Å²) in [4.78, 5) is 32.8. The second-order valence-electron chi connectivity index (χ2n) is 3.23. The van der Waals surface area contributed by atoms with Gasteiger partial charge in [-0.2, -0.15) is 0 Å². The molecule has 6 nitrogen and oxygen atoms in total. The molecule has 0 aromatic heterocycles. The molecule has 0 aromatic rings. The monoisotopic (exact) mass is 228 g/mol. The van der Waals surface area contributed by atoms with E-state index in [0.717, 1.165) is 0 Å². The summed E-state index contributed by atoms with van der Waals surface area (Å²) in [6.45, 7) is 2.97. The van der Waals surface area contributed by atoms with E-state index >= 15 is 0 Å². The van der Waals surface area contributed by atoms with E-state index in [1.807, 2.05) is 0 Å². The summed E-state index contributed by atoms with van der Waals surface area (Å²) in [6.07, 6.45) is 0.168. The molecule has 0 unspecified atom stereocenters. The van der Waals surface area contributed by atoms with E-state index in [0.29, 0.717) is 0 Å². The standard InChI is InChI=1S/C10H16N2O4/c1-6(7(2)10(15)16)9(14)12-5-4-8(13)11-3/h4-5H2,1-3H3,(H,11,13)(H,12,14)(H,15,16). The maximum Gasteiger partial charge on any atom is 0.331 e. The fourth-order valence-corrected chi connectivity index (χ4v) is 0.878. The number of carbonyl (C=O) groups excluding carboxylic acids is 2. The Bertz CT molecular complexity index is 334. The quantitative estimate of drug-likeness (QED) is 0.561. The van der Waals surface area contributed by atoms with Gasteiger partial charge in [-0.1, -0.05) is 0 Å². The smallest absolute Gasteiger partial charge is 0.331 e. The highest BCUT2D eigenvalue weighted by molar-refractivity contribution is 6.01. The molecule has 90 valence electrons.